The van der Waals surface area contributed by atoms with E-state index in [1.165, 1.54) is 31.2 Å². The van der Waals surface area contributed by atoms with Crippen molar-refractivity contribution in [2.75, 3.05) is 7.11 Å². The van der Waals surface area contributed by atoms with Gasteiger partial charge in [0.2, 0.25) is 0 Å². The fraction of sp³-hybridized carbons (Fsp3) is 0.529. The largest absolute Gasteiger partial charge is 0.497 e. The van der Waals surface area contributed by atoms with Gasteiger partial charge in [-0.05, 0) is 37.1 Å². The zero-order chi connectivity index (χ0) is 13.9. The second-order valence-electron chi connectivity index (χ2n) is 4.70. The van der Waals surface area contributed by atoms with Gasteiger partial charge in [0.25, 0.3) is 0 Å². The maximum atomic E-state index is 5.85. The van der Waals surface area contributed by atoms with Gasteiger partial charge < -0.3 is 9.47 Å². The summed E-state index contributed by atoms with van der Waals surface area (Å²) in [5.74, 6) is 1.99. The molecule has 0 aromatic heterocycles. The molecule has 2 heteroatoms. The third-order valence-corrected chi connectivity index (χ3v) is 3.18. The molecule has 0 unspecified atom stereocenters. The van der Waals surface area contributed by atoms with Crippen molar-refractivity contribution in [3.8, 4) is 5.75 Å². The van der Waals surface area contributed by atoms with Crippen molar-refractivity contribution in [3.05, 3.63) is 41.7 Å². The van der Waals surface area contributed by atoms with E-state index in [2.05, 4.69) is 13.0 Å². The monoisotopic (exact) mass is 262 g/mol. The average molecular weight is 262 g/mol. The van der Waals surface area contributed by atoms with Crippen LogP contribution in [0.1, 0.15) is 51.5 Å². The molecule has 2 nitrogen and oxygen atoms in total. The third-order valence-electron chi connectivity index (χ3n) is 3.18. The Morgan fingerprint density at radius 1 is 1.11 bits per heavy atom. The molecule has 0 heterocycles. The first-order chi connectivity index (χ1) is 9.30. The van der Waals surface area contributed by atoms with Crippen molar-refractivity contribution in [1.82, 2.24) is 0 Å². The second-order valence-corrected chi connectivity index (χ2v) is 4.70. The third kappa shape index (κ3) is 6.32. The molecule has 0 spiro atoms. The number of rotatable bonds is 9. The molecule has 0 bridgehead atoms. The predicted octanol–water partition coefficient (Wildman–Crippen LogP) is 5.09. The van der Waals surface area contributed by atoms with Crippen LogP contribution in [0.3, 0.4) is 0 Å². The number of hydrogen-bond donors (Lipinski definition) is 0. The Labute approximate surface area is 117 Å². The average Bonchev–Trinajstić information content (AvgIpc) is 2.47. The molecule has 0 saturated heterocycles. The van der Waals surface area contributed by atoms with Crippen molar-refractivity contribution >= 4 is 0 Å². The summed E-state index contributed by atoms with van der Waals surface area (Å²) in [5.41, 5.74) is 1.17. The van der Waals surface area contributed by atoms with Gasteiger partial charge >= 0.3 is 0 Å². The molecule has 1 rings (SSSR count). The van der Waals surface area contributed by atoms with E-state index in [1.54, 1.807) is 7.11 Å². The Morgan fingerprint density at radius 2 is 1.84 bits per heavy atom. The van der Waals surface area contributed by atoms with Gasteiger partial charge in [0, 0.05) is 6.42 Å². The number of methoxy groups -OCH3 is 1. The summed E-state index contributed by atoms with van der Waals surface area (Å²) in [5, 5.41) is 0. The van der Waals surface area contributed by atoms with Crippen LogP contribution in [-0.2, 0) is 11.3 Å². The molecule has 0 fully saturated rings. The van der Waals surface area contributed by atoms with E-state index in [0.29, 0.717) is 6.61 Å². The minimum atomic E-state index is 0.636. The molecule has 0 aliphatic heterocycles. The summed E-state index contributed by atoms with van der Waals surface area (Å²) in [6, 6.07) is 8.02. The smallest absolute Gasteiger partial charge is 0.118 e. The van der Waals surface area contributed by atoms with E-state index in [1.807, 2.05) is 31.2 Å². The van der Waals surface area contributed by atoms with Crippen LogP contribution in [0.2, 0.25) is 0 Å². The quantitative estimate of drug-likeness (QED) is 0.456. The summed E-state index contributed by atoms with van der Waals surface area (Å²) in [4.78, 5) is 0. The van der Waals surface area contributed by atoms with E-state index in [-0.39, 0.29) is 0 Å². The molecule has 0 radical (unpaired) electrons. The molecule has 1 aromatic carbocycles. The summed E-state index contributed by atoms with van der Waals surface area (Å²) < 4.78 is 11.0. The molecule has 1 aromatic rings. The van der Waals surface area contributed by atoms with E-state index in [9.17, 15) is 0 Å². The lowest BCUT2D eigenvalue weighted by Gasteiger charge is -2.10. The van der Waals surface area contributed by atoms with Crippen LogP contribution >= 0.6 is 0 Å². The van der Waals surface area contributed by atoms with Gasteiger partial charge in [0.05, 0.1) is 12.9 Å². The molecule has 106 valence electrons. The molecule has 0 aliphatic rings. The van der Waals surface area contributed by atoms with Gasteiger partial charge in [-0.15, -0.1) is 0 Å². The Balaban J connectivity index is 2.32. The number of unbranched alkanes of at least 4 members (excludes halogenated alkanes) is 3. The minimum absolute atomic E-state index is 0.636. The van der Waals surface area contributed by atoms with Crippen LogP contribution in [0.4, 0.5) is 0 Å². The maximum Gasteiger partial charge on any atom is 0.118 e. The lowest BCUT2D eigenvalue weighted by atomic mass is 10.1. The summed E-state index contributed by atoms with van der Waals surface area (Å²) in [6.45, 7) is 4.91. The molecule has 0 N–H and O–H groups in total. The summed E-state index contributed by atoms with van der Waals surface area (Å²) in [7, 11) is 1.68. The van der Waals surface area contributed by atoms with Crippen molar-refractivity contribution in [2.45, 2.75) is 52.6 Å². The Bertz CT molecular complexity index is 365. The number of hydrogen-bond acceptors (Lipinski definition) is 2. The summed E-state index contributed by atoms with van der Waals surface area (Å²) in [6.07, 6.45) is 8.23. The zero-order valence-electron chi connectivity index (χ0n) is 12.4. The van der Waals surface area contributed by atoms with Crippen LogP contribution < -0.4 is 4.74 Å². The van der Waals surface area contributed by atoms with Gasteiger partial charge in [0.15, 0.2) is 0 Å². The Morgan fingerprint density at radius 3 is 2.42 bits per heavy atom. The van der Waals surface area contributed by atoms with E-state index in [4.69, 9.17) is 9.47 Å². The highest BCUT2D eigenvalue weighted by molar-refractivity contribution is 5.26. The highest BCUT2D eigenvalue weighted by Crippen LogP contribution is 2.16. The maximum absolute atomic E-state index is 5.85. The van der Waals surface area contributed by atoms with E-state index >= 15 is 0 Å². The first-order valence-electron chi connectivity index (χ1n) is 7.21. The fourth-order valence-electron chi connectivity index (χ4n) is 1.92. The Kier molecular flexibility index (Phi) is 7.80. The topological polar surface area (TPSA) is 18.5 Å². The SMILES string of the molecule is C/C=C(/CCCCCC)OCc1ccc(OC)cc1. The molecule has 0 atom stereocenters. The highest BCUT2D eigenvalue weighted by atomic mass is 16.5. The highest BCUT2D eigenvalue weighted by Gasteiger charge is 2.00. The molecule has 0 amide bonds. The van der Waals surface area contributed by atoms with Gasteiger partial charge in [-0.2, -0.15) is 0 Å². The number of allylic oxidation sites excluding steroid dienone is 2. The van der Waals surface area contributed by atoms with E-state index < -0.39 is 0 Å². The van der Waals surface area contributed by atoms with Gasteiger partial charge in [-0.25, -0.2) is 0 Å². The van der Waals surface area contributed by atoms with Gasteiger partial charge in [-0.1, -0.05) is 38.3 Å². The lowest BCUT2D eigenvalue weighted by molar-refractivity contribution is 0.186. The normalized spacial score (nSPS) is 11.4. The van der Waals surface area contributed by atoms with Gasteiger partial charge in [0.1, 0.15) is 12.4 Å². The molecule has 0 saturated carbocycles. The summed E-state index contributed by atoms with van der Waals surface area (Å²) >= 11 is 0. The number of benzene rings is 1. The molecule has 19 heavy (non-hydrogen) atoms. The van der Waals surface area contributed by atoms with Crippen molar-refractivity contribution in [1.29, 1.82) is 0 Å². The van der Waals surface area contributed by atoms with Gasteiger partial charge in [-0.3, -0.25) is 0 Å². The molecular formula is C17H26O2. The lowest BCUT2D eigenvalue weighted by Crippen LogP contribution is -1.94. The van der Waals surface area contributed by atoms with E-state index in [0.717, 1.165) is 17.9 Å². The predicted molar refractivity (Wildman–Crippen MR) is 80.3 cm³/mol. The van der Waals surface area contributed by atoms with Crippen molar-refractivity contribution in [2.24, 2.45) is 0 Å². The van der Waals surface area contributed by atoms with Crippen molar-refractivity contribution < 1.29 is 9.47 Å². The van der Waals surface area contributed by atoms with Crippen molar-refractivity contribution in [3.63, 3.8) is 0 Å². The minimum Gasteiger partial charge on any atom is -0.497 e. The van der Waals surface area contributed by atoms with Crippen LogP contribution in [0, 0.1) is 0 Å². The molecular weight excluding hydrogens is 236 g/mol. The van der Waals surface area contributed by atoms with Crippen LogP contribution in [0.25, 0.3) is 0 Å². The Hall–Kier alpha value is -1.44. The van der Waals surface area contributed by atoms with Crippen LogP contribution in [0.15, 0.2) is 36.1 Å². The standard InChI is InChI=1S/C17H26O2/c1-4-6-7-8-9-16(5-2)19-14-15-10-12-17(18-3)13-11-15/h5,10-13H,4,6-9,14H2,1-3H3/b16-5-. The van der Waals surface area contributed by atoms with Crippen LogP contribution in [-0.4, -0.2) is 7.11 Å². The molecule has 0 aliphatic carbocycles. The fourth-order valence-corrected chi connectivity index (χ4v) is 1.92. The van der Waals surface area contributed by atoms with Crippen LogP contribution in [0.5, 0.6) is 5.75 Å². The first kappa shape index (κ1) is 15.6. The second kappa shape index (κ2) is 9.48. The first-order valence-corrected chi connectivity index (χ1v) is 7.21. The number of ether oxygens (including phenoxy) is 2. The zero-order valence-corrected chi connectivity index (χ0v) is 12.4.